The number of nitrogens with one attached hydrogen (secondary N) is 2. The van der Waals surface area contributed by atoms with Crippen LogP contribution in [0.3, 0.4) is 0 Å². The van der Waals surface area contributed by atoms with E-state index in [4.69, 9.17) is 0 Å². The van der Waals surface area contributed by atoms with Gasteiger partial charge in [-0.15, -0.1) is 0 Å². The Morgan fingerprint density at radius 1 is 1.25 bits per heavy atom. The normalized spacial score (nSPS) is 18.0. The van der Waals surface area contributed by atoms with E-state index in [1.807, 2.05) is 54.3 Å². The van der Waals surface area contributed by atoms with Crippen LogP contribution in [-0.4, -0.2) is 27.8 Å². The van der Waals surface area contributed by atoms with Gasteiger partial charge in [-0.3, -0.25) is 14.8 Å². The zero-order valence-electron chi connectivity index (χ0n) is 14.6. The van der Waals surface area contributed by atoms with Crippen molar-refractivity contribution >= 4 is 5.91 Å². The number of aromatic nitrogens is 2. The molecule has 1 aliphatic rings. The molecule has 0 unspecified atom stereocenters. The van der Waals surface area contributed by atoms with Crippen LogP contribution in [0.2, 0.25) is 0 Å². The fraction of sp³-hybridized carbons (Fsp3) is 0.474. The third-order valence-corrected chi connectivity index (χ3v) is 4.62. The van der Waals surface area contributed by atoms with Crippen molar-refractivity contribution in [1.29, 1.82) is 0 Å². The predicted octanol–water partition coefficient (Wildman–Crippen LogP) is 2.75. The van der Waals surface area contributed by atoms with Crippen LogP contribution in [0.1, 0.15) is 49.9 Å². The highest BCUT2D eigenvalue weighted by Gasteiger charge is 2.30. The van der Waals surface area contributed by atoms with Crippen molar-refractivity contribution in [2.24, 2.45) is 0 Å². The number of nitrogens with zero attached hydrogens (tertiary/aromatic N) is 2. The molecule has 3 rings (SSSR count). The maximum atomic E-state index is 12.7. The maximum Gasteiger partial charge on any atom is 0.241 e. The molecule has 0 saturated heterocycles. The molecule has 0 radical (unpaired) electrons. The topological polar surface area (TPSA) is 59.0 Å². The molecule has 1 heterocycles. The summed E-state index contributed by atoms with van der Waals surface area (Å²) in [5.74, 6) is 0.0550. The number of carbonyl (C=O) groups is 1. The van der Waals surface area contributed by atoms with Gasteiger partial charge in [0.2, 0.25) is 5.91 Å². The average molecular weight is 326 g/mol. The number of carbonyl (C=O) groups excluding carboxylic acids is 1. The first-order chi connectivity index (χ1) is 11.5. The summed E-state index contributed by atoms with van der Waals surface area (Å²) in [6, 6.07) is 10.2. The molecule has 0 aliphatic heterocycles. The molecule has 2 N–H and O–H groups in total. The quantitative estimate of drug-likeness (QED) is 0.822. The van der Waals surface area contributed by atoms with Crippen LogP contribution in [0.15, 0.2) is 42.7 Å². The van der Waals surface area contributed by atoms with E-state index in [-0.39, 0.29) is 24.0 Å². The molecule has 5 nitrogen and oxygen atoms in total. The molecule has 1 aliphatic carbocycles. The molecule has 2 aromatic rings. The second kappa shape index (κ2) is 7.18. The second-order valence-electron chi connectivity index (χ2n) is 6.82. The molecule has 1 fully saturated rings. The van der Waals surface area contributed by atoms with E-state index >= 15 is 0 Å². The van der Waals surface area contributed by atoms with Crippen LogP contribution in [0.5, 0.6) is 0 Å². The minimum absolute atomic E-state index is 0.0550. The van der Waals surface area contributed by atoms with Crippen molar-refractivity contribution in [3.8, 4) is 0 Å². The van der Waals surface area contributed by atoms with Gasteiger partial charge in [-0.2, -0.15) is 5.10 Å². The Kier molecular flexibility index (Phi) is 5.00. The highest BCUT2D eigenvalue weighted by atomic mass is 16.2. The van der Waals surface area contributed by atoms with E-state index in [9.17, 15) is 4.79 Å². The van der Waals surface area contributed by atoms with Crippen LogP contribution >= 0.6 is 0 Å². The van der Waals surface area contributed by atoms with Crippen molar-refractivity contribution in [3.63, 3.8) is 0 Å². The summed E-state index contributed by atoms with van der Waals surface area (Å²) in [7, 11) is 0. The van der Waals surface area contributed by atoms with Crippen LogP contribution < -0.4 is 10.6 Å². The van der Waals surface area contributed by atoms with Gasteiger partial charge in [-0.1, -0.05) is 30.3 Å². The van der Waals surface area contributed by atoms with Crippen molar-refractivity contribution in [1.82, 2.24) is 20.4 Å². The number of hydrogen-bond acceptors (Lipinski definition) is 3. The first-order valence-corrected chi connectivity index (χ1v) is 8.66. The van der Waals surface area contributed by atoms with E-state index in [1.54, 1.807) is 0 Å². The summed E-state index contributed by atoms with van der Waals surface area (Å²) in [5, 5.41) is 11.0. The van der Waals surface area contributed by atoms with Gasteiger partial charge < -0.3 is 5.32 Å². The number of hydrogen-bond donors (Lipinski definition) is 2. The zero-order chi connectivity index (χ0) is 17.1. The lowest BCUT2D eigenvalue weighted by Crippen LogP contribution is -2.44. The number of amides is 1. The molecule has 1 aromatic heterocycles. The summed E-state index contributed by atoms with van der Waals surface area (Å²) >= 11 is 0. The zero-order valence-corrected chi connectivity index (χ0v) is 14.6. The Morgan fingerprint density at radius 2 is 1.96 bits per heavy atom. The fourth-order valence-electron chi connectivity index (χ4n) is 2.77. The first kappa shape index (κ1) is 16.7. The van der Waals surface area contributed by atoms with Crippen LogP contribution in [0, 0.1) is 6.92 Å². The van der Waals surface area contributed by atoms with Gasteiger partial charge in [0.05, 0.1) is 12.2 Å². The Morgan fingerprint density at radius 3 is 2.54 bits per heavy atom. The molecule has 128 valence electrons. The Bertz CT molecular complexity index is 678. The lowest BCUT2D eigenvalue weighted by atomic mass is 10.0. The largest absolute Gasteiger partial charge is 0.352 e. The standard InChI is InChI=1S/C19H26N4O/c1-13-11-20-23(12-13)15(3)14(2)21-18(16-7-5-4-6-8-16)19(24)22-17-9-10-17/h4-8,11-12,14-15,17-18,21H,9-10H2,1-3H3,(H,22,24)/t14-,15-,18-/m1/s1. The average Bonchev–Trinajstić information content (AvgIpc) is 3.30. The summed E-state index contributed by atoms with van der Waals surface area (Å²) in [6.45, 7) is 6.25. The Balaban J connectivity index is 1.73. The Hall–Kier alpha value is -2.14. The fourth-order valence-corrected chi connectivity index (χ4v) is 2.77. The third-order valence-electron chi connectivity index (χ3n) is 4.62. The van der Waals surface area contributed by atoms with Gasteiger partial charge in [0.1, 0.15) is 6.04 Å². The predicted molar refractivity (Wildman–Crippen MR) is 94.6 cm³/mol. The lowest BCUT2D eigenvalue weighted by Gasteiger charge is -2.27. The van der Waals surface area contributed by atoms with Gasteiger partial charge >= 0.3 is 0 Å². The molecule has 0 spiro atoms. The molecule has 24 heavy (non-hydrogen) atoms. The number of aryl methyl sites for hydroxylation is 1. The summed E-state index contributed by atoms with van der Waals surface area (Å²) in [6.07, 6.45) is 6.07. The molecule has 1 aromatic carbocycles. The van der Waals surface area contributed by atoms with Crippen molar-refractivity contribution in [3.05, 3.63) is 53.9 Å². The van der Waals surface area contributed by atoms with Crippen molar-refractivity contribution < 1.29 is 4.79 Å². The smallest absolute Gasteiger partial charge is 0.241 e. The van der Waals surface area contributed by atoms with E-state index in [1.165, 1.54) is 0 Å². The van der Waals surface area contributed by atoms with E-state index in [0.29, 0.717) is 6.04 Å². The minimum atomic E-state index is -0.346. The summed E-state index contributed by atoms with van der Waals surface area (Å²) in [4.78, 5) is 12.7. The SMILES string of the molecule is Cc1cnn([C@H](C)[C@@H](C)N[C@@H](C(=O)NC2CC2)c2ccccc2)c1. The first-order valence-electron chi connectivity index (χ1n) is 8.66. The molecule has 5 heteroatoms. The molecule has 1 saturated carbocycles. The summed E-state index contributed by atoms with van der Waals surface area (Å²) < 4.78 is 1.95. The van der Waals surface area contributed by atoms with Crippen molar-refractivity contribution in [2.75, 3.05) is 0 Å². The van der Waals surface area contributed by atoms with Crippen LogP contribution in [0.25, 0.3) is 0 Å². The Labute approximate surface area is 143 Å². The number of rotatable bonds is 7. The van der Waals surface area contributed by atoms with E-state index in [0.717, 1.165) is 24.0 Å². The third kappa shape index (κ3) is 4.03. The van der Waals surface area contributed by atoms with Gasteiger partial charge in [-0.05, 0) is 44.7 Å². The van der Waals surface area contributed by atoms with Gasteiger partial charge in [0, 0.05) is 18.3 Å². The number of benzene rings is 1. The highest BCUT2D eigenvalue weighted by Crippen LogP contribution is 2.22. The van der Waals surface area contributed by atoms with Crippen LogP contribution in [0.4, 0.5) is 0 Å². The van der Waals surface area contributed by atoms with Crippen LogP contribution in [-0.2, 0) is 4.79 Å². The van der Waals surface area contributed by atoms with E-state index in [2.05, 4.69) is 29.6 Å². The molecular weight excluding hydrogens is 300 g/mol. The maximum absolute atomic E-state index is 12.7. The van der Waals surface area contributed by atoms with Crippen molar-refractivity contribution in [2.45, 2.75) is 57.8 Å². The minimum Gasteiger partial charge on any atom is -0.352 e. The second-order valence-corrected chi connectivity index (χ2v) is 6.82. The highest BCUT2D eigenvalue weighted by molar-refractivity contribution is 5.83. The molecule has 1 amide bonds. The molecular formula is C19H26N4O. The summed E-state index contributed by atoms with van der Waals surface area (Å²) in [5.41, 5.74) is 2.13. The molecule has 0 bridgehead atoms. The van der Waals surface area contributed by atoms with Gasteiger partial charge in [0.25, 0.3) is 0 Å². The molecule has 3 atom stereocenters. The van der Waals surface area contributed by atoms with Gasteiger partial charge in [-0.25, -0.2) is 0 Å². The monoisotopic (exact) mass is 326 g/mol. The van der Waals surface area contributed by atoms with Gasteiger partial charge in [0.15, 0.2) is 0 Å². The lowest BCUT2D eigenvalue weighted by molar-refractivity contribution is -0.123. The van der Waals surface area contributed by atoms with E-state index < -0.39 is 0 Å².